The summed E-state index contributed by atoms with van der Waals surface area (Å²) in [6.45, 7) is 3.87. The number of hydrogen-bond donors (Lipinski definition) is 0. The molecule has 1 aliphatic heterocycles. The standard InChI is InChI=1S/C17H16N4S/c1-10-18-14-8-21(9-15(14)22-10)17-12-4-2-3-5-13(12)19-16(20-17)11-6-7-11/h2-5,11H,6-9H2,1H3. The van der Waals surface area contributed by atoms with Gasteiger partial charge in [-0.05, 0) is 31.9 Å². The Morgan fingerprint density at radius 1 is 1.09 bits per heavy atom. The smallest absolute Gasteiger partial charge is 0.140 e. The molecule has 5 rings (SSSR count). The minimum absolute atomic E-state index is 0.570. The third kappa shape index (κ3) is 1.92. The van der Waals surface area contributed by atoms with Gasteiger partial charge in [0.1, 0.15) is 11.6 Å². The average Bonchev–Trinajstić information content (AvgIpc) is 3.21. The molecule has 0 N–H and O–H groups in total. The van der Waals surface area contributed by atoms with Crippen LogP contribution in [0, 0.1) is 6.92 Å². The molecule has 1 fully saturated rings. The third-order valence-corrected chi connectivity index (χ3v) is 5.40. The number of nitrogens with zero attached hydrogens (tertiary/aromatic N) is 4. The lowest BCUT2D eigenvalue weighted by Gasteiger charge is -2.19. The van der Waals surface area contributed by atoms with E-state index in [2.05, 4.69) is 41.1 Å². The van der Waals surface area contributed by atoms with Crippen molar-refractivity contribution in [3.05, 3.63) is 45.7 Å². The molecule has 0 amide bonds. The van der Waals surface area contributed by atoms with Crippen molar-refractivity contribution in [2.45, 2.75) is 38.8 Å². The van der Waals surface area contributed by atoms with Crippen molar-refractivity contribution in [3.8, 4) is 0 Å². The Hall–Kier alpha value is -2.01. The zero-order chi connectivity index (χ0) is 14.7. The van der Waals surface area contributed by atoms with Crippen LogP contribution in [0.2, 0.25) is 0 Å². The molecule has 5 heteroatoms. The maximum atomic E-state index is 4.92. The highest BCUT2D eigenvalue weighted by molar-refractivity contribution is 7.11. The van der Waals surface area contributed by atoms with Crippen molar-refractivity contribution >= 4 is 28.1 Å². The van der Waals surface area contributed by atoms with Crippen molar-refractivity contribution in [1.29, 1.82) is 0 Å². The Kier molecular flexibility index (Phi) is 2.56. The van der Waals surface area contributed by atoms with Crippen LogP contribution >= 0.6 is 11.3 Å². The van der Waals surface area contributed by atoms with Crippen LogP contribution in [0.3, 0.4) is 0 Å². The van der Waals surface area contributed by atoms with E-state index >= 15 is 0 Å². The summed E-state index contributed by atoms with van der Waals surface area (Å²) in [6.07, 6.45) is 2.46. The largest absolute Gasteiger partial charge is 0.345 e. The van der Waals surface area contributed by atoms with Gasteiger partial charge in [0.15, 0.2) is 0 Å². The van der Waals surface area contributed by atoms with Crippen LogP contribution in [0.1, 0.15) is 40.2 Å². The number of fused-ring (bicyclic) bond motifs is 2. The molecule has 1 aliphatic carbocycles. The van der Waals surface area contributed by atoms with Crippen molar-refractivity contribution in [2.24, 2.45) is 0 Å². The van der Waals surface area contributed by atoms with Gasteiger partial charge in [-0.25, -0.2) is 15.0 Å². The first kappa shape index (κ1) is 12.5. The molecule has 0 radical (unpaired) electrons. The molecule has 1 aromatic carbocycles. The predicted octanol–water partition coefficient (Wildman–Crippen LogP) is 3.79. The van der Waals surface area contributed by atoms with Gasteiger partial charge < -0.3 is 4.90 Å². The van der Waals surface area contributed by atoms with E-state index in [-0.39, 0.29) is 0 Å². The Balaban J connectivity index is 1.63. The lowest BCUT2D eigenvalue weighted by molar-refractivity contribution is 0.830. The Morgan fingerprint density at radius 2 is 1.95 bits per heavy atom. The number of aryl methyl sites for hydroxylation is 1. The van der Waals surface area contributed by atoms with Crippen LogP contribution in [0.25, 0.3) is 10.9 Å². The van der Waals surface area contributed by atoms with E-state index in [4.69, 9.17) is 9.97 Å². The van der Waals surface area contributed by atoms with Crippen molar-refractivity contribution in [2.75, 3.05) is 4.90 Å². The highest BCUT2D eigenvalue weighted by Gasteiger charge is 2.30. The number of para-hydroxylation sites is 1. The first-order valence-electron chi connectivity index (χ1n) is 7.75. The topological polar surface area (TPSA) is 41.9 Å². The highest BCUT2D eigenvalue weighted by atomic mass is 32.1. The molecule has 2 aromatic heterocycles. The molecule has 0 bridgehead atoms. The van der Waals surface area contributed by atoms with Crippen molar-refractivity contribution < 1.29 is 0 Å². The summed E-state index contributed by atoms with van der Waals surface area (Å²) in [7, 11) is 0. The van der Waals surface area contributed by atoms with E-state index in [0.717, 1.165) is 40.6 Å². The number of thiazole rings is 1. The molecule has 0 saturated heterocycles. The molecular formula is C17H16N4S. The third-order valence-electron chi connectivity index (χ3n) is 4.40. The zero-order valence-corrected chi connectivity index (χ0v) is 13.2. The summed E-state index contributed by atoms with van der Waals surface area (Å²) < 4.78 is 0. The summed E-state index contributed by atoms with van der Waals surface area (Å²) >= 11 is 1.81. The normalized spacial score (nSPS) is 17.2. The first-order chi connectivity index (χ1) is 10.8. The van der Waals surface area contributed by atoms with Gasteiger partial charge in [0, 0.05) is 16.2 Å². The second-order valence-corrected chi connectivity index (χ2v) is 7.44. The Bertz CT molecular complexity index is 858. The number of benzene rings is 1. The van der Waals surface area contributed by atoms with Gasteiger partial charge in [0.05, 0.1) is 29.3 Å². The molecule has 3 aromatic rings. The van der Waals surface area contributed by atoms with Crippen molar-refractivity contribution in [1.82, 2.24) is 15.0 Å². The fourth-order valence-electron chi connectivity index (χ4n) is 3.16. The Morgan fingerprint density at radius 3 is 2.77 bits per heavy atom. The number of anilines is 1. The molecule has 0 atom stereocenters. The van der Waals surface area contributed by atoms with E-state index in [1.807, 2.05) is 11.3 Å². The molecule has 0 unspecified atom stereocenters. The summed E-state index contributed by atoms with van der Waals surface area (Å²) in [5, 5.41) is 2.31. The van der Waals surface area contributed by atoms with Gasteiger partial charge in [-0.3, -0.25) is 0 Å². The van der Waals surface area contributed by atoms with Gasteiger partial charge in [-0.15, -0.1) is 11.3 Å². The second kappa shape index (κ2) is 4.49. The first-order valence-corrected chi connectivity index (χ1v) is 8.56. The fraction of sp³-hybridized carbons (Fsp3) is 0.353. The minimum atomic E-state index is 0.570. The molecule has 3 heterocycles. The number of hydrogen-bond acceptors (Lipinski definition) is 5. The lowest BCUT2D eigenvalue weighted by atomic mass is 10.2. The molecule has 22 heavy (non-hydrogen) atoms. The fourth-order valence-corrected chi connectivity index (χ4v) is 4.12. The minimum Gasteiger partial charge on any atom is -0.345 e. The second-order valence-electron chi connectivity index (χ2n) is 6.16. The van der Waals surface area contributed by atoms with Gasteiger partial charge in [-0.2, -0.15) is 0 Å². The van der Waals surface area contributed by atoms with Crippen LogP contribution in [-0.2, 0) is 13.1 Å². The van der Waals surface area contributed by atoms with Crippen LogP contribution in [0.4, 0.5) is 5.82 Å². The molecule has 1 saturated carbocycles. The number of aromatic nitrogens is 3. The van der Waals surface area contributed by atoms with Gasteiger partial charge in [0.2, 0.25) is 0 Å². The van der Waals surface area contributed by atoms with E-state index in [1.54, 1.807) is 0 Å². The molecule has 110 valence electrons. The van der Waals surface area contributed by atoms with Crippen LogP contribution in [0.5, 0.6) is 0 Å². The number of rotatable bonds is 2. The average molecular weight is 308 g/mol. The van der Waals surface area contributed by atoms with Crippen molar-refractivity contribution in [3.63, 3.8) is 0 Å². The molecule has 0 spiro atoms. The summed E-state index contributed by atoms with van der Waals surface area (Å²) in [6, 6.07) is 8.36. The van der Waals surface area contributed by atoms with Gasteiger partial charge in [-0.1, -0.05) is 12.1 Å². The quantitative estimate of drug-likeness (QED) is 0.722. The Labute approximate surface area is 132 Å². The maximum absolute atomic E-state index is 4.92. The van der Waals surface area contributed by atoms with Crippen LogP contribution in [-0.4, -0.2) is 15.0 Å². The molecule has 4 nitrogen and oxygen atoms in total. The van der Waals surface area contributed by atoms with Crippen LogP contribution in [0.15, 0.2) is 24.3 Å². The van der Waals surface area contributed by atoms with E-state index < -0.39 is 0 Å². The summed E-state index contributed by atoms with van der Waals surface area (Å²) in [5.41, 5.74) is 2.28. The summed E-state index contributed by atoms with van der Waals surface area (Å²) in [5.74, 6) is 2.67. The predicted molar refractivity (Wildman–Crippen MR) is 88.3 cm³/mol. The lowest BCUT2D eigenvalue weighted by Crippen LogP contribution is -2.18. The van der Waals surface area contributed by atoms with E-state index in [9.17, 15) is 0 Å². The SMILES string of the molecule is Cc1nc2c(s1)CN(c1nc(C3CC3)nc3ccccc13)C2. The van der Waals surface area contributed by atoms with E-state index in [1.165, 1.54) is 23.4 Å². The monoisotopic (exact) mass is 308 g/mol. The molecule has 2 aliphatic rings. The maximum Gasteiger partial charge on any atom is 0.140 e. The van der Waals surface area contributed by atoms with Crippen LogP contribution < -0.4 is 4.90 Å². The molecular weight excluding hydrogens is 292 g/mol. The zero-order valence-electron chi connectivity index (χ0n) is 12.4. The van der Waals surface area contributed by atoms with Gasteiger partial charge in [0.25, 0.3) is 0 Å². The highest BCUT2D eigenvalue weighted by Crippen LogP contribution is 2.41. The van der Waals surface area contributed by atoms with Gasteiger partial charge >= 0.3 is 0 Å². The van der Waals surface area contributed by atoms with E-state index in [0.29, 0.717) is 5.92 Å². The summed E-state index contributed by atoms with van der Waals surface area (Å²) in [4.78, 5) is 18.1.